The number of nitrogens with zero attached hydrogens (tertiary/aromatic N) is 3. The summed E-state index contributed by atoms with van der Waals surface area (Å²) in [7, 11) is 0. The van der Waals surface area contributed by atoms with Crippen LogP contribution < -0.4 is 0 Å². The van der Waals surface area contributed by atoms with Crippen molar-refractivity contribution in [3.8, 4) is 6.07 Å². The molecule has 2 aliphatic heterocycles. The average molecular weight is 430 g/mol. The molecule has 1 fully saturated rings. The Morgan fingerprint density at radius 2 is 1.87 bits per heavy atom. The Balaban J connectivity index is 0.00000256. The molecule has 4 rings (SSSR count). The van der Waals surface area contributed by atoms with Gasteiger partial charge in [-0.1, -0.05) is 12.1 Å². The summed E-state index contributed by atoms with van der Waals surface area (Å²) in [5, 5.41) is 19.4. The first-order valence-electron chi connectivity index (χ1n) is 10.0. The number of aliphatic hydroxyl groups is 1. The van der Waals surface area contributed by atoms with Gasteiger partial charge < -0.3 is 14.9 Å². The van der Waals surface area contributed by atoms with Gasteiger partial charge in [-0.05, 0) is 73.3 Å². The SMILES string of the molecule is Cl.N#Cc1ccc2c(c1)CN(CC1CCN(CC(O)c3ccc(F)cc3)CC1)C2=O. The van der Waals surface area contributed by atoms with Crippen LogP contribution in [0, 0.1) is 23.1 Å². The summed E-state index contributed by atoms with van der Waals surface area (Å²) in [4.78, 5) is 16.7. The molecule has 1 amide bonds. The summed E-state index contributed by atoms with van der Waals surface area (Å²) in [5.41, 5.74) is 2.97. The second-order valence-corrected chi connectivity index (χ2v) is 7.98. The van der Waals surface area contributed by atoms with Crippen LogP contribution in [0.2, 0.25) is 0 Å². The van der Waals surface area contributed by atoms with E-state index in [1.807, 2.05) is 11.0 Å². The summed E-state index contributed by atoms with van der Waals surface area (Å²) >= 11 is 0. The second-order valence-electron chi connectivity index (χ2n) is 7.98. The minimum Gasteiger partial charge on any atom is -0.387 e. The smallest absolute Gasteiger partial charge is 0.254 e. The Labute approximate surface area is 182 Å². The number of likely N-dealkylation sites (tertiary alicyclic amines) is 1. The lowest BCUT2D eigenvalue weighted by molar-refractivity contribution is 0.0654. The number of hydrogen-bond donors (Lipinski definition) is 1. The van der Waals surface area contributed by atoms with E-state index in [1.165, 1.54) is 12.1 Å². The zero-order chi connectivity index (χ0) is 20.4. The monoisotopic (exact) mass is 429 g/mol. The third-order valence-electron chi connectivity index (χ3n) is 5.98. The Kier molecular flexibility index (Phi) is 7.09. The second kappa shape index (κ2) is 9.57. The number of β-amino-alcohol motifs (C(OH)–C–C–N with tert-alkyl or cyclic N) is 1. The van der Waals surface area contributed by atoms with Gasteiger partial charge in [0.25, 0.3) is 5.91 Å². The Morgan fingerprint density at radius 3 is 2.53 bits per heavy atom. The van der Waals surface area contributed by atoms with E-state index in [9.17, 15) is 14.3 Å². The predicted octanol–water partition coefficient (Wildman–Crippen LogP) is 3.52. The average Bonchev–Trinajstić information content (AvgIpc) is 3.04. The van der Waals surface area contributed by atoms with E-state index in [1.54, 1.807) is 24.3 Å². The van der Waals surface area contributed by atoms with Crippen LogP contribution in [-0.2, 0) is 6.54 Å². The van der Waals surface area contributed by atoms with Crippen LogP contribution in [0.1, 0.15) is 46.0 Å². The third kappa shape index (κ3) is 4.81. The number of carbonyl (C=O) groups excluding carboxylic acids is 1. The molecule has 30 heavy (non-hydrogen) atoms. The van der Waals surface area contributed by atoms with Gasteiger partial charge in [0.05, 0.1) is 17.7 Å². The predicted molar refractivity (Wildman–Crippen MR) is 114 cm³/mol. The summed E-state index contributed by atoms with van der Waals surface area (Å²) in [6.45, 7) is 3.58. The number of hydrogen-bond acceptors (Lipinski definition) is 4. The number of benzene rings is 2. The maximum atomic E-state index is 13.0. The van der Waals surface area contributed by atoms with E-state index in [4.69, 9.17) is 5.26 Å². The molecule has 2 aromatic rings. The van der Waals surface area contributed by atoms with E-state index in [0.29, 0.717) is 30.1 Å². The number of aliphatic hydroxyl groups excluding tert-OH is 1. The van der Waals surface area contributed by atoms with Crippen LogP contribution >= 0.6 is 12.4 Å². The summed E-state index contributed by atoms with van der Waals surface area (Å²) in [5.74, 6) is 0.186. The fourth-order valence-electron chi connectivity index (χ4n) is 4.30. The maximum absolute atomic E-state index is 13.0. The molecule has 1 saturated heterocycles. The molecular weight excluding hydrogens is 405 g/mol. The van der Waals surface area contributed by atoms with Gasteiger partial charge in [0, 0.05) is 25.2 Å². The summed E-state index contributed by atoms with van der Waals surface area (Å²) in [6, 6.07) is 13.4. The number of rotatable bonds is 5. The fraction of sp³-hybridized carbons (Fsp3) is 0.391. The molecule has 2 aromatic carbocycles. The third-order valence-corrected chi connectivity index (χ3v) is 5.98. The zero-order valence-corrected chi connectivity index (χ0v) is 17.4. The Morgan fingerprint density at radius 1 is 1.17 bits per heavy atom. The molecule has 2 heterocycles. The van der Waals surface area contributed by atoms with Crippen LogP contribution in [-0.4, -0.2) is 47.0 Å². The number of piperidine rings is 1. The van der Waals surface area contributed by atoms with Crippen LogP contribution in [0.5, 0.6) is 0 Å². The lowest BCUT2D eigenvalue weighted by atomic mass is 9.95. The molecule has 2 aliphatic rings. The molecule has 0 aromatic heterocycles. The topological polar surface area (TPSA) is 67.6 Å². The van der Waals surface area contributed by atoms with Gasteiger partial charge in [-0.15, -0.1) is 12.4 Å². The van der Waals surface area contributed by atoms with E-state index < -0.39 is 6.10 Å². The molecule has 0 spiro atoms. The van der Waals surface area contributed by atoms with Gasteiger partial charge in [0.2, 0.25) is 0 Å². The zero-order valence-electron chi connectivity index (χ0n) is 16.6. The molecule has 1 unspecified atom stereocenters. The van der Waals surface area contributed by atoms with Gasteiger partial charge in [-0.2, -0.15) is 5.26 Å². The molecule has 0 bridgehead atoms. The number of halogens is 2. The highest BCUT2D eigenvalue weighted by Crippen LogP contribution is 2.28. The minimum atomic E-state index is -0.629. The largest absolute Gasteiger partial charge is 0.387 e. The van der Waals surface area contributed by atoms with E-state index in [2.05, 4.69) is 11.0 Å². The molecule has 0 saturated carbocycles. The van der Waals surface area contributed by atoms with E-state index in [0.717, 1.165) is 43.6 Å². The Bertz CT molecular complexity index is 936. The van der Waals surface area contributed by atoms with Crippen molar-refractivity contribution in [1.29, 1.82) is 5.26 Å². The van der Waals surface area contributed by atoms with Crippen LogP contribution in [0.25, 0.3) is 0 Å². The maximum Gasteiger partial charge on any atom is 0.254 e. The number of carbonyl (C=O) groups is 1. The first kappa shape index (κ1) is 22.2. The first-order chi connectivity index (χ1) is 14.0. The van der Waals surface area contributed by atoms with Crippen LogP contribution in [0.15, 0.2) is 42.5 Å². The van der Waals surface area contributed by atoms with Gasteiger partial charge in [0.1, 0.15) is 5.82 Å². The van der Waals surface area contributed by atoms with Crippen molar-refractivity contribution in [2.45, 2.75) is 25.5 Å². The van der Waals surface area contributed by atoms with Crippen molar-refractivity contribution in [2.24, 2.45) is 5.92 Å². The van der Waals surface area contributed by atoms with Crippen LogP contribution in [0.4, 0.5) is 4.39 Å². The van der Waals surface area contributed by atoms with Crippen LogP contribution in [0.3, 0.4) is 0 Å². The van der Waals surface area contributed by atoms with Crippen molar-refractivity contribution in [3.63, 3.8) is 0 Å². The first-order valence-corrected chi connectivity index (χ1v) is 10.0. The molecule has 7 heteroatoms. The van der Waals surface area contributed by atoms with Gasteiger partial charge >= 0.3 is 0 Å². The van der Waals surface area contributed by atoms with Crippen molar-refractivity contribution in [1.82, 2.24) is 9.80 Å². The van der Waals surface area contributed by atoms with Gasteiger partial charge in [-0.25, -0.2) is 4.39 Å². The van der Waals surface area contributed by atoms with Crippen molar-refractivity contribution in [2.75, 3.05) is 26.2 Å². The minimum absolute atomic E-state index is 0. The normalized spacial score (nSPS) is 17.9. The van der Waals surface area contributed by atoms with Crippen molar-refractivity contribution in [3.05, 3.63) is 70.5 Å². The number of nitriles is 1. The lowest BCUT2D eigenvalue weighted by Crippen LogP contribution is -2.40. The molecule has 0 radical (unpaired) electrons. The van der Waals surface area contributed by atoms with Crippen molar-refractivity contribution >= 4 is 18.3 Å². The summed E-state index contributed by atoms with van der Waals surface area (Å²) < 4.78 is 13.0. The Hall–Kier alpha value is -2.46. The highest BCUT2D eigenvalue weighted by atomic mass is 35.5. The number of amides is 1. The van der Waals surface area contributed by atoms with Gasteiger partial charge in [0.15, 0.2) is 0 Å². The molecule has 5 nitrogen and oxygen atoms in total. The van der Waals surface area contributed by atoms with E-state index in [-0.39, 0.29) is 24.1 Å². The molecule has 158 valence electrons. The van der Waals surface area contributed by atoms with Crippen molar-refractivity contribution < 1.29 is 14.3 Å². The quantitative estimate of drug-likeness (QED) is 0.789. The molecular formula is C23H25ClFN3O2. The molecule has 1 atom stereocenters. The fourth-order valence-corrected chi connectivity index (χ4v) is 4.30. The highest BCUT2D eigenvalue weighted by molar-refractivity contribution is 5.98. The van der Waals surface area contributed by atoms with E-state index >= 15 is 0 Å². The summed E-state index contributed by atoms with van der Waals surface area (Å²) in [6.07, 6.45) is 1.32. The lowest BCUT2D eigenvalue weighted by Gasteiger charge is -2.34. The molecule has 0 aliphatic carbocycles. The molecule has 1 N–H and O–H groups in total. The number of fused-ring (bicyclic) bond motifs is 1. The standard InChI is InChI=1S/C23H24FN3O2.ClH/c24-20-4-2-18(3-5-20)22(28)15-26-9-7-16(8-10-26)13-27-14-19-11-17(12-25)1-6-21(19)23(27)29;/h1-6,11,16,22,28H,7-10,13-15H2;1H. The van der Waals surface area contributed by atoms with Gasteiger partial charge in [-0.3, -0.25) is 4.79 Å². The highest BCUT2D eigenvalue weighted by Gasteiger charge is 2.31.